The third kappa shape index (κ3) is 3.01. The minimum absolute atomic E-state index is 0.0886. The van der Waals surface area contributed by atoms with E-state index in [0.717, 1.165) is 0 Å². The summed E-state index contributed by atoms with van der Waals surface area (Å²) in [6, 6.07) is 0. The summed E-state index contributed by atoms with van der Waals surface area (Å²) in [7, 11) is 0. The third-order valence-corrected chi connectivity index (χ3v) is 1.77. The third-order valence-electron chi connectivity index (χ3n) is 1.77. The highest BCUT2D eigenvalue weighted by atomic mass is 19.4. The number of aromatic nitrogens is 3. The van der Waals surface area contributed by atoms with Crippen molar-refractivity contribution in [2.75, 3.05) is 0 Å². The second-order valence-electron chi connectivity index (χ2n) is 3.36. The highest BCUT2D eigenvalue weighted by Crippen LogP contribution is 2.21. The van der Waals surface area contributed by atoms with Crippen LogP contribution in [0.15, 0.2) is 6.33 Å². The zero-order valence-electron chi connectivity index (χ0n) is 8.04. The van der Waals surface area contributed by atoms with E-state index in [1.54, 1.807) is 0 Å². The van der Waals surface area contributed by atoms with Crippen LogP contribution in [0.2, 0.25) is 0 Å². The van der Waals surface area contributed by atoms with Crippen molar-refractivity contribution in [1.82, 2.24) is 14.8 Å². The number of rotatable bonds is 3. The topological polar surface area (TPSA) is 30.7 Å². The SMILES string of the molecule is CC(C)c1ncnn1CCC(F)(F)F. The van der Waals surface area contributed by atoms with E-state index >= 15 is 0 Å². The van der Waals surface area contributed by atoms with Crippen molar-refractivity contribution in [3.63, 3.8) is 0 Å². The number of hydrogen-bond donors (Lipinski definition) is 0. The predicted molar refractivity (Wildman–Crippen MR) is 44.8 cm³/mol. The maximum Gasteiger partial charge on any atom is 0.390 e. The molecule has 0 aliphatic heterocycles. The lowest BCUT2D eigenvalue weighted by Crippen LogP contribution is -2.15. The van der Waals surface area contributed by atoms with Crippen molar-refractivity contribution >= 4 is 0 Å². The van der Waals surface area contributed by atoms with Crippen LogP contribution in [0.3, 0.4) is 0 Å². The van der Waals surface area contributed by atoms with Crippen LogP contribution in [0.4, 0.5) is 13.2 Å². The van der Waals surface area contributed by atoms with Gasteiger partial charge in [-0.2, -0.15) is 18.3 Å². The van der Waals surface area contributed by atoms with Crippen molar-refractivity contribution in [1.29, 1.82) is 0 Å². The highest BCUT2D eigenvalue weighted by molar-refractivity contribution is 4.91. The molecule has 1 aromatic heterocycles. The largest absolute Gasteiger partial charge is 0.390 e. The van der Waals surface area contributed by atoms with Crippen molar-refractivity contribution in [2.45, 2.75) is 38.9 Å². The normalized spacial score (nSPS) is 12.4. The van der Waals surface area contributed by atoms with Crippen molar-refractivity contribution in [2.24, 2.45) is 0 Å². The summed E-state index contributed by atoms with van der Waals surface area (Å²) in [5.41, 5.74) is 0. The molecule has 6 heteroatoms. The van der Waals surface area contributed by atoms with E-state index in [1.807, 2.05) is 13.8 Å². The van der Waals surface area contributed by atoms with E-state index < -0.39 is 12.6 Å². The molecule has 0 atom stereocenters. The van der Waals surface area contributed by atoms with Crippen molar-refractivity contribution in [3.8, 4) is 0 Å². The number of nitrogens with zero attached hydrogens (tertiary/aromatic N) is 3. The van der Waals surface area contributed by atoms with Gasteiger partial charge in [-0.3, -0.25) is 0 Å². The number of alkyl halides is 3. The van der Waals surface area contributed by atoms with Crippen LogP contribution < -0.4 is 0 Å². The maximum absolute atomic E-state index is 11.9. The Balaban J connectivity index is 2.63. The lowest BCUT2D eigenvalue weighted by Gasteiger charge is -2.09. The fraction of sp³-hybridized carbons (Fsp3) is 0.750. The summed E-state index contributed by atoms with van der Waals surface area (Å²) in [6.45, 7) is 3.58. The molecule has 0 saturated heterocycles. The lowest BCUT2D eigenvalue weighted by molar-refractivity contribution is -0.137. The molecule has 0 aromatic carbocycles. The van der Waals surface area contributed by atoms with Crippen LogP contribution in [0, 0.1) is 0 Å². The minimum atomic E-state index is -4.14. The Labute approximate surface area is 79.9 Å². The Morgan fingerprint density at radius 1 is 1.43 bits per heavy atom. The Kier molecular flexibility index (Phi) is 3.13. The standard InChI is InChI=1S/C8H12F3N3/c1-6(2)7-12-5-13-14(7)4-3-8(9,10)11/h5-6H,3-4H2,1-2H3. The Morgan fingerprint density at radius 3 is 2.57 bits per heavy atom. The van der Waals surface area contributed by atoms with E-state index in [4.69, 9.17) is 0 Å². The second-order valence-corrected chi connectivity index (χ2v) is 3.36. The molecule has 0 aliphatic carbocycles. The summed E-state index contributed by atoms with van der Waals surface area (Å²) in [5, 5.41) is 3.75. The Morgan fingerprint density at radius 2 is 2.07 bits per heavy atom. The fourth-order valence-corrected chi connectivity index (χ4v) is 1.13. The van der Waals surface area contributed by atoms with Crippen LogP contribution in [0.5, 0.6) is 0 Å². The van der Waals surface area contributed by atoms with Gasteiger partial charge in [-0.05, 0) is 0 Å². The summed E-state index contributed by atoms with van der Waals surface area (Å²) in [4.78, 5) is 3.90. The molecule has 0 fully saturated rings. The molecule has 80 valence electrons. The van der Waals surface area contributed by atoms with Gasteiger partial charge in [-0.1, -0.05) is 13.8 Å². The average Bonchev–Trinajstić information content (AvgIpc) is 2.46. The first-order chi connectivity index (χ1) is 6.40. The molecule has 1 heterocycles. The van der Waals surface area contributed by atoms with Crippen molar-refractivity contribution in [3.05, 3.63) is 12.2 Å². The smallest absolute Gasteiger partial charge is 0.249 e. The van der Waals surface area contributed by atoms with Crippen LogP contribution in [-0.4, -0.2) is 20.9 Å². The van der Waals surface area contributed by atoms with Gasteiger partial charge in [0.15, 0.2) is 0 Å². The second kappa shape index (κ2) is 3.98. The molecular weight excluding hydrogens is 195 g/mol. The Hall–Kier alpha value is -1.07. The van der Waals surface area contributed by atoms with E-state index in [9.17, 15) is 13.2 Å². The molecule has 0 unspecified atom stereocenters. The quantitative estimate of drug-likeness (QED) is 0.761. The first-order valence-electron chi connectivity index (χ1n) is 4.34. The van der Waals surface area contributed by atoms with E-state index in [2.05, 4.69) is 10.1 Å². The molecular formula is C8H12F3N3. The molecule has 1 rings (SSSR count). The Bertz CT molecular complexity index is 290. The lowest BCUT2D eigenvalue weighted by atomic mass is 10.2. The zero-order valence-corrected chi connectivity index (χ0v) is 8.04. The van der Waals surface area contributed by atoms with E-state index in [-0.39, 0.29) is 12.5 Å². The van der Waals surface area contributed by atoms with Gasteiger partial charge in [0.2, 0.25) is 0 Å². The van der Waals surface area contributed by atoms with Gasteiger partial charge in [-0.15, -0.1) is 0 Å². The van der Waals surface area contributed by atoms with Gasteiger partial charge in [-0.25, -0.2) is 9.67 Å². The monoisotopic (exact) mass is 207 g/mol. The predicted octanol–water partition coefficient (Wildman–Crippen LogP) is 2.35. The molecule has 0 aliphatic rings. The van der Waals surface area contributed by atoms with E-state index in [1.165, 1.54) is 11.0 Å². The summed E-state index contributed by atoms with van der Waals surface area (Å²) in [6.07, 6.45) is -3.72. The van der Waals surface area contributed by atoms with Crippen LogP contribution in [0.25, 0.3) is 0 Å². The van der Waals surface area contributed by atoms with Gasteiger partial charge in [0.1, 0.15) is 12.2 Å². The molecule has 0 N–H and O–H groups in total. The van der Waals surface area contributed by atoms with Gasteiger partial charge >= 0.3 is 6.18 Å². The first-order valence-corrected chi connectivity index (χ1v) is 4.34. The molecule has 0 spiro atoms. The summed E-state index contributed by atoms with van der Waals surface area (Å²) in [5.74, 6) is 0.681. The molecule has 0 amide bonds. The van der Waals surface area contributed by atoms with Gasteiger partial charge < -0.3 is 0 Å². The first kappa shape index (κ1) is 11.0. The highest BCUT2D eigenvalue weighted by Gasteiger charge is 2.27. The van der Waals surface area contributed by atoms with Crippen LogP contribution in [0.1, 0.15) is 32.0 Å². The molecule has 0 saturated carbocycles. The van der Waals surface area contributed by atoms with Gasteiger partial charge in [0, 0.05) is 5.92 Å². The molecule has 0 bridgehead atoms. The van der Waals surface area contributed by atoms with Gasteiger partial charge in [0.05, 0.1) is 13.0 Å². The summed E-state index contributed by atoms with van der Waals surface area (Å²) >= 11 is 0. The molecule has 1 aromatic rings. The molecule has 14 heavy (non-hydrogen) atoms. The summed E-state index contributed by atoms with van der Waals surface area (Å²) < 4.78 is 37.1. The van der Waals surface area contributed by atoms with Crippen LogP contribution in [-0.2, 0) is 6.54 Å². The number of halogens is 3. The maximum atomic E-state index is 11.9. The molecule has 3 nitrogen and oxygen atoms in total. The average molecular weight is 207 g/mol. The fourth-order valence-electron chi connectivity index (χ4n) is 1.13. The van der Waals surface area contributed by atoms with Gasteiger partial charge in [0.25, 0.3) is 0 Å². The van der Waals surface area contributed by atoms with Crippen LogP contribution >= 0.6 is 0 Å². The number of aryl methyl sites for hydroxylation is 1. The van der Waals surface area contributed by atoms with Crippen molar-refractivity contribution < 1.29 is 13.2 Å². The zero-order chi connectivity index (χ0) is 10.8. The minimum Gasteiger partial charge on any atom is -0.249 e. The van der Waals surface area contributed by atoms with E-state index in [0.29, 0.717) is 5.82 Å². The molecule has 0 radical (unpaired) electrons. The number of hydrogen-bond acceptors (Lipinski definition) is 2.